The third-order valence-corrected chi connectivity index (χ3v) is 7.07. The fourth-order valence-corrected chi connectivity index (χ4v) is 5.11. The van der Waals surface area contributed by atoms with Crippen LogP contribution >= 0.6 is 0 Å². The lowest BCUT2D eigenvalue weighted by molar-refractivity contribution is -0.138. The number of rotatable bonds is 11. The number of ether oxygens (including phenoxy) is 2. The molecule has 4 rings (SSSR count). The lowest BCUT2D eigenvalue weighted by atomic mass is 9.82. The van der Waals surface area contributed by atoms with Gasteiger partial charge in [-0.3, -0.25) is 14.4 Å². The van der Waals surface area contributed by atoms with Gasteiger partial charge in [0, 0.05) is 12.5 Å². The van der Waals surface area contributed by atoms with E-state index in [1.54, 1.807) is 36.4 Å². The Bertz CT molecular complexity index is 1330. The Morgan fingerprint density at radius 1 is 1.05 bits per heavy atom. The normalized spacial score (nSPS) is 14.3. The molecule has 2 aromatic carbocycles. The van der Waals surface area contributed by atoms with Crippen LogP contribution in [0.2, 0.25) is 0 Å². The Morgan fingerprint density at radius 2 is 1.70 bits per heavy atom. The number of nitrogens with zero attached hydrogens (tertiary/aromatic N) is 2. The first-order chi connectivity index (χ1) is 19.3. The molecule has 0 aliphatic heterocycles. The van der Waals surface area contributed by atoms with E-state index in [4.69, 9.17) is 14.6 Å². The second-order valence-electron chi connectivity index (χ2n) is 9.69. The zero-order valence-corrected chi connectivity index (χ0v) is 22.5. The van der Waals surface area contributed by atoms with E-state index < -0.39 is 36.2 Å². The lowest BCUT2D eigenvalue weighted by Gasteiger charge is -2.30. The third kappa shape index (κ3) is 6.77. The van der Waals surface area contributed by atoms with Crippen LogP contribution < -0.4 is 20.1 Å². The van der Waals surface area contributed by atoms with Crippen molar-refractivity contribution in [1.82, 2.24) is 20.4 Å². The highest BCUT2D eigenvalue weighted by molar-refractivity contribution is 5.95. The molecule has 1 fully saturated rings. The van der Waals surface area contributed by atoms with E-state index >= 15 is 0 Å². The predicted octanol–water partition coefficient (Wildman–Crippen LogP) is 3.97. The minimum Gasteiger partial charge on any atom is -0.496 e. The van der Waals surface area contributed by atoms with E-state index in [9.17, 15) is 18.8 Å². The van der Waals surface area contributed by atoms with Crippen LogP contribution in [-0.2, 0) is 9.59 Å². The molecule has 0 radical (unpaired) electrons. The largest absolute Gasteiger partial charge is 0.496 e. The minimum atomic E-state index is -1.14. The molecule has 1 aliphatic rings. The molecular formula is C29H33FN4O6. The first-order valence-electron chi connectivity index (χ1n) is 13.2. The molecule has 0 bridgehead atoms. The van der Waals surface area contributed by atoms with Crippen molar-refractivity contribution in [2.75, 3.05) is 20.8 Å². The van der Waals surface area contributed by atoms with Gasteiger partial charge in [0.2, 0.25) is 5.91 Å². The Morgan fingerprint density at radius 3 is 2.30 bits per heavy atom. The molecule has 1 unspecified atom stereocenters. The van der Waals surface area contributed by atoms with Crippen LogP contribution in [0.1, 0.15) is 49.0 Å². The fraction of sp³-hybridized carbons (Fsp3) is 0.379. The van der Waals surface area contributed by atoms with Gasteiger partial charge in [0.15, 0.2) is 5.69 Å². The van der Waals surface area contributed by atoms with Crippen LogP contribution in [0.15, 0.2) is 48.5 Å². The SMILES string of the molecule is COc1cccc(OC)c1-c1cc(C(=O)NC(CC(=O)NCC(=O)O)C2CCCCC2)nn1-c1ccc(F)cc1. The number of amides is 2. The number of benzene rings is 2. The Hall–Kier alpha value is -4.41. The number of hydrogen-bond donors (Lipinski definition) is 3. The summed E-state index contributed by atoms with van der Waals surface area (Å²) in [5.74, 6) is -1.44. The van der Waals surface area contributed by atoms with Crippen molar-refractivity contribution in [3.8, 4) is 28.4 Å². The van der Waals surface area contributed by atoms with Crippen LogP contribution in [-0.4, -0.2) is 59.5 Å². The van der Waals surface area contributed by atoms with Gasteiger partial charge in [0.1, 0.15) is 23.9 Å². The topological polar surface area (TPSA) is 132 Å². The smallest absolute Gasteiger partial charge is 0.322 e. The molecule has 10 nitrogen and oxygen atoms in total. The Balaban J connectivity index is 1.70. The summed E-state index contributed by atoms with van der Waals surface area (Å²) in [5, 5.41) is 18.8. The molecule has 40 heavy (non-hydrogen) atoms. The zero-order valence-electron chi connectivity index (χ0n) is 22.5. The van der Waals surface area contributed by atoms with Crippen molar-refractivity contribution < 1.29 is 33.4 Å². The van der Waals surface area contributed by atoms with E-state index in [1.807, 2.05) is 0 Å². The van der Waals surface area contributed by atoms with Gasteiger partial charge in [-0.05, 0) is 61.2 Å². The number of carbonyl (C=O) groups is 3. The van der Waals surface area contributed by atoms with E-state index in [0.717, 1.165) is 32.1 Å². The van der Waals surface area contributed by atoms with Gasteiger partial charge in [-0.2, -0.15) is 5.10 Å². The number of hydrogen-bond acceptors (Lipinski definition) is 6. The number of aliphatic carboxylic acids is 1. The maximum Gasteiger partial charge on any atom is 0.322 e. The summed E-state index contributed by atoms with van der Waals surface area (Å²) in [5.41, 5.74) is 1.64. The van der Waals surface area contributed by atoms with Crippen molar-refractivity contribution in [3.63, 3.8) is 0 Å². The first-order valence-corrected chi connectivity index (χ1v) is 13.2. The zero-order chi connectivity index (χ0) is 28.6. The van der Waals surface area contributed by atoms with Gasteiger partial charge in [0.25, 0.3) is 5.91 Å². The van der Waals surface area contributed by atoms with Crippen molar-refractivity contribution in [2.24, 2.45) is 5.92 Å². The molecule has 1 saturated carbocycles. The lowest BCUT2D eigenvalue weighted by Crippen LogP contribution is -2.45. The molecule has 3 N–H and O–H groups in total. The molecule has 0 spiro atoms. The average molecular weight is 553 g/mol. The first kappa shape index (κ1) is 28.6. The highest BCUT2D eigenvalue weighted by Crippen LogP contribution is 2.39. The summed E-state index contributed by atoms with van der Waals surface area (Å²) < 4.78 is 26.4. The summed E-state index contributed by atoms with van der Waals surface area (Å²) >= 11 is 0. The van der Waals surface area contributed by atoms with E-state index in [0.29, 0.717) is 28.4 Å². The van der Waals surface area contributed by atoms with Crippen LogP contribution in [0.3, 0.4) is 0 Å². The van der Waals surface area contributed by atoms with Crippen molar-refractivity contribution in [1.29, 1.82) is 0 Å². The summed E-state index contributed by atoms with van der Waals surface area (Å²) in [7, 11) is 3.04. The van der Waals surface area contributed by atoms with Crippen LogP contribution in [0.5, 0.6) is 11.5 Å². The molecule has 1 heterocycles. The second kappa shape index (κ2) is 13.1. The van der Waals surface area contributed by atoms with Gasteiger partial charge in [-0.25, -0.2) is 9.07 Å². The average Bonchev–Trinajstić information content (AvgIpc) is 3.41. The van der Waals surface area contributed by atoms with Gasteiger partial charge < -0.3 is 25.2 Å². The monoisotopic (exact) mass is 552 g/mol. The molecule has 3 aromatic rings. The molecule has 11 heteroatoms. The molecule has 212 valence electrons. The predicted molar refractivity (Wildman–Crippen MR) is 145 cm³/mol. The molecule has 1 aliphatic carbocycles. The number of carboxylic acid groups (broad SMARTS) is 1. The maximum absolute atomic E-state index is 13.7. The standard InChI is InChI=1S/C29H33FN4O6/c1-39-24-9-6-10-25(40-2)28(24)23-15-22(33-34(23)20-13-11-19(30)12-14-20)29(38)32-21(18-7-4-3-5-8-18)16-26(35)31-17-27(36)37/h6,9-15,18,21H,3-5,7-8,16-17H2,1-2H3,(H,31,35)(H,32,38)(H,36,37). The number of nitrogens with one attached hydrogen (secondary N) is 2. The summed E-state index contributed by atoms with van der Waals surface area (Å²) in [4.78, 5) is 37.0. The number of aromatic nitrogens is 2. The highest BCUT2D eigenvalue weighted by Gasteiger charge is 2.29. The second-order valence-corrected chi connectivity index (χ2v) is 9.69. The van der Waals surface area contributed by atoms with Crippen molar-refractivity contribution in [2.45, 2.75) is 44.6 Å². The number of carbonyl (C=O) groups excluding carboxylic acids is 2. The van der Waals surface area contributed by atoms with Crippen LogP contribution in [0.25, 0.3) is 16.9 Å². The number of halogens is 1. The quantitative estimate of drug-likeness (QED) is 0.328. The van der Waals surface area contributed by atoms with Gasteiger partial charge in [-0.15, -0.1) is 0 Å². The van der Waals surface area contributed by atoms with Gasteiger partial charge >= 0.3 is 5.97 Å². The van der Waals surface area contributed by atoms with Crippen LogP contribution in [0.4, 0.5) is 4.39 Å². The van der Waals surface area contributed by atoms with Crippen molar-refractivity contribution >= 4 is 17.8 Å². The van der Waals surface area contributed by atoms with E-state index in [1.165, 1.54) is 31.0 Å². The van der Waals surface area contributed by atoms with Gasteiger partial charge in [0.05, 0.1) is 31.2 Å². The number of carboxylic acids is 1. The minimum absolute atomic E-state index is 0.0461. The maximum atomic E-state index is 13.7. The Labute approximate surface area is 231 Å². The summed E-state index contributed by atoms with van der Waals surface area (Å²) in [6, 6.07) is 12.1. The molecule has 1 atom stereocenters. The van der Waals surface area contributed by atoms with Crippen molar-refractivity contribution in [3.05, 3.63) is 60.0 Å². The van der Waals surface area contributed by atoms with E-state index in [2.05, 4.69) is 15.7 Å². The highest BCUT2D eigenvalue weighted by atomic mass is 19.1. The molecular weight excluding hydrogens is 519 g/mol. The molecule has 1 aromatic heterocycles. The number of methoxy groups -OCH3 is 2. The Kier molecular flexibility index (Phi) is 9.36. The molecule has 0 saturated heterocycles. The van der Waals surface area contributed by atoms with Crippen LogP contribution in [0, 0.1) is 11.7 Å². The van der Waals surface area contributed by atoms with E-state index in [-0.39, 0.29) is 18.0 Å². The summed E-state index contributed by atoms with van der Waals surface area (Å²) in [6.45, 7) is -0.490. The molecule has 2 amide bonds. The third-order valence-electron chi connectivity index (χ3n) is 7.07. The van der Waals surface area contributed by atoms with Gasteiger partial charge in [-0.1, -0.05) is 25.3 Å². The fourth-order valence-electron chi connectivity index (χ4n) is 5.11. The summed E-state index contributed by atoms with van der Waals surface area (Å²) in [6.07, 6.45) is 4.73.